The van der Waals surface area contributed by atoms with Crippen LogP contribution in [0.2, 0.25) is 0 Å². The van der Waals surface area contributed by atoms with Crippen LogP contribution in [-0.2, 0) is 6.42 Å². The molecule has 1 aromatic rings. The lowest BCUT2D eigenvalue weighted by Gasteiger charge is -2.06. The molecule has 0 saturated heterocycles. The molecule has 0 bridgehead atoms. The van der Waals surface area contributed by atoms with Gasteiger partial charge in [-0.3, -0.25) is 14.9 Å². The van der Waals surface area contributed by atoms with E-state index in [2.05, 4.69) is 0 Å². The third-order valence-corrected chi connectivity index (χ3v) is 2.19. The smallest absolute Gasteiger partial charge is 0.273 e. The van der Waals surface area contributed by atoms with Crippen LogP contribution in [0.3, 0.4) is 0 Å². The molecule has 0 aromatic heterocycles. The fraction of sp³-hybridized carbons (Fsp3) is 0.364. The zero-order valence-corrected chi connectivity index (χ0v) is 9.27. The first kappa shape index (κ1) is 12.2. The normalized spacial score (nSPS) is 10.4. The SMILES string of the molecule is CC(C)Cc1ccc(C(N)=O)cc1[N+](=O)[O-]. The Morgan fingerprint density at radius 3 is 2.56 bits per heavy atom. The Morgan fingerprint density at radius 1 is 1.50 bits per heavy atom. The molecule has 0 saturated carbocycles. The highest BCUT2D eigenvalue weighted by molar-refractivity contribution is 5.93. The van der Waals surface area contributed by atoms with Crippen LogP contribution < -0.4 is 5.73 Å². The Labute approximate surface area is 93.4 Å². The van der Waals surface area contributed by atoms with Crippen molar-refractivity contribution in [1.82, 2.24) is 0 Å². The van der Waals surface area contributed by atoms with Crippen LogP contribution in [0.25, 0.3) is 0 Å². The van der Waals surface area contributed by atoms with E-state index < -0.39 is 10.8 Å². The number of primary amides is 1. The lowest BCUT2D eigenvalue weighted by atomic mass is 9.99. The second-order valence-electron chi connectivity index (χ2n) is 4.06. The van der Waals surface area contributed by atoms with Crippen molar-refractivity contribution in [2.45, 2.75) is 20.3 Å². The number of amides is 1. The molecule has 5 nitrogen and oxygen atoms in total. The molecule has 0 heterocycles. The predicted molar refractivity (Wildman–Crippen MR) is 60.2 cm³/mol. The number of nitrogens with zero attached hydrogens (tertiary/aromatic N) is 1. The Kier molecular flexibility index (Phi) is 3.60. The number of benzene rings is 1. The van der Waals surface area contributed by atoms with Crippen LogP contribution in [0.15, 0.2) is 18.2 Å². The molecule has 0 aliphatic carbocycles. The Morgan fingerprint density at radius 2 is 2.12 bits per heavy atom. The average Bonchev–Trinajstić information content (AvgIpc) is 2.16. The largest absolute Gasteiger partial charge is 0.366 e. The standard InChI is InChI=1S/C11H14N2O3/c1-7(2)5-8-3-4-9(11(12)14)6-10(8)13(15)16/h3-4,6-7H,5H2,1-2H3,(H2,12,14). The fourth-order valence-corrected chi connectivity index (χ4v) is 1.50. The number of hydrogen-bond donors (Lipinski definition) is 1. The van der Waals surface area contributed by atoms with Crippen molar-refractivity contribution >= 4 is 11.6 Å². The van der Waals surface area contributed by atoms with Gasteiger partial charge in [0.25, 0.3) is 5.69 Å². The number of nitro groups is 1. The summed E-state index contributed by atoms with van der Waals surface area (Å²) < 4.78 is 0. The van der Waals surface area contributed by atoms with Gasteiger partial charge in [0.05, 0.1) is 4.92 Å². The van der Waals surface area contributed by atoms with Crippen LogP contribution in [0, 0.1) is 16.0 Å². The lowest BCUT2D eigenvalue weighted by Crippen LogP contribution is -2.12. The van der Waals surface area contributed by atoms with Crippen molar-refractivity contribution in [3.63, 3.8) is 0 Å². The van der Waals surface area contributed by atoms with Gasteiger partial charge in [-0.15, -0.1) is 0 Å². The van der Waals surface area contributed by atoms with Crippen LogP contribution in [0.1, 0.15) is 29.8 Å². The van der Waals surface area contributed by atoms with E-state index in [1.807, 2.05) is 13.8 Å². The van der Waals surface area contributed by atoms with E-state index in [1.54, 1.807) is 6.07 Å². The minimum Gasteiger partial charge on any atom is -0.366 e. The lowest BCUT2D eigenvalue weighted by molar-refractivity contribution is -0.385. The van der Waals surface area contributed by atoms with Gasteiger partial charge in [0.2, 0.25) is 5.91 Å². The number of nitrogens with two attached hydrogens (primary N) is 1. The monoisotopic (exact) mass is 222 g/mol. The van der Waals surface area contributed by atoms with Crippen molar-refractivity contribution in [2.75, 3.05) is 0 Å². The van der Waals surface area contributed by atoms with E-state index in [9.17, 15) is 14.9 Å². The molecule has 1 rings (SSSR count). The van der Waals surface area contributed by atoms with E-state index in [0.29, 0.717) is 17.9 Å². The maximum atomic E-state index is 10.9. The molecule has 5 heteroatoms. The number of nitro benzene ring substituents is 1. The maximum absolute atomic E-state index is 10.9. The van der Waals surface area contributed by atoms with Crippen LogP contribution >= 0.6 is 0 Å². The highest BCUT2D eigenvalue weighted by Crippen LogP contribution is 2.22. The number of hydrogen-bond acceptors (Lipinski definition) is 3. The van der Waals surface area contributed by atoms with Crippen molar-refractivity contribution in [3.8, 4) is 0 Å². The minimum absolute atomic E-state index is 0.0370. The molecular formula is C11H14N2O3. The van der Waals surface area contributed by atoms with Crippen molar-refractivity contribution in [1.29, 1.82) is 0 Å². The highest BCUT2D eigenvalue weighted by atomic mass is 16.6. The summed E-state index contributed by atoms with van der Waals surface area (Å²) in [5.74, 6) is -0.336. The van der Waals surface area contributed by atoms with Gasteiger partial charge in [-0.25, -0.2) is 0 Å². The molecule has 2 N–H and O–H groups in total. The second kappa shape index (κ2) is 4.74. The summed E-state index contributed by atoms with van der Waals surface area (Å²) in [5, 5.41) is 10.8. The predicted octanol–water partition coefficient (Wildman–Crippen LogP) is 1.89. The number of rotatable bonds is 4. The summed E-state index contributed by atoms with van der Waals surface area (Å²) in [4.78, 5) is 21.3. The van der Waals surface area contributed by atoms with Crippen molar-refractivity contribution < 1.29 is 9.72 Å². The van der Waals surface area contributed by atoms with Crippen molar-refractivity contribution in [2.24, 2.45) is 11.7 Å². The van der Waals surface area contributed by atoms with Gasteiger partial charge >= 0.3 is 0 Å². The Hall–Kier alpha value is -1.91. The maximum Gasteiger partial charge on any atom is 0.273 e. The van der Waals surface area contributed by atoms with Gasteiger partial charge in [0.1, 0.15) is 0 Å². The highest BCUT2D eigenvalue weighted by Gasteiger charge is 2.16. The van der Waals surface area contributed by atoms with Crippen LogP contribution in [0.5, 0.6) is 0 Å². The molecular weight excluding hydrogens is 208 g/mol. The molecule has 1 aromatic carbocycles. The fourth-order valence-electron chi connectivity index (χ4n) is 1.50. The van der Waals surface area contributed by atoms with Gasteiger partial charge in [-0.05, 0) is 18.4 Å². The van der Waals surface area contributed by atoms with E-state index in [1.165, 1.54) is 12.1 Å². The number of carbonyl (C=O) groups is 1. The topological polar surface area (TPSA) is 86.2 Å². The summed E-state index contributed by atoms with van der Waals surface area (Å²) in [6.07, 6.45) is 0.607. The van der Waals surface area contributed by atoms with E-state index in [-0.39, 0.29) is 11.3 Å². The third kappa shape index (κ3) is 2.79. The molecule has 0 radical (unpaired) electrons. The molecule has 0 aliphatic rings. The number of carbonyl (C=O) groups excluding carboxylic acids is 1. The van der Waals surface area contributed by atoms with E-state index in [4.69, 9.17) is 5.73 Å². The summed E-state index contributed by atoms with van der Waals surface area (Å²) in [6, 6.07) is 4.35. The van der Waals surface area contributed by atoms with Gasteiger partial charge < -0.3 is 5.73 Å². The first-order valence-corrected chi connectivity index (χ1v) is 4.99. The molecule has 86 valence electrons. The molecule has 16 heavy (non-hydrogen) atoms. The van der Waals surface area contributed by atoms with Crippen LogP contribution in [0.4, 0.5) is 5.69 Å². The molecule has 0 aliphatic heterocycles. The van der Waals surface area contributed by atoms with E-state index >= 15 is 0 Å². The summed E-state index contributed by atoms with van der Waals surface area (Å²) >= 11 is 0. The van der Waals surface area contributed by atoms with E-state index in [0.717, 1.165) is 0 Å². The van der Waals surface area contributed by atoms with Gasteiger partial charge in [0.15, 0.2) is 0 Å². The zero-order chi connectivity index (χ0) is 12.3. The average molecular weight is 222 g/mol. The molecule has 0 spiro atoms. The first-order chi connectivity index (χ1) is 7.41. The summed E-state index contributed by atoms with van der Waals surface area (Å²) in [6.45, 7) is 3.96. The second-order valence-corrected chi connectivity index (χ2v) is 4.06. The van der Waals surface area contributed by atoms with Gasteiger partial charge in [-0.2, -0.15) is 0 Å². The first-order valence-electron chi connectivity index (χ1n) is 4.99. The van der Waals surface area contributed by atoms with Gasteiger partial charge in [0, 0.05) is 17.2 Å². The molecule has 0 fully saturated rings. The zero-order valence-electron chi connectivity index (χ0n) is 9.27. The third-order valence-electron chi connectivity index (χ3n) is 2.19. The van der Waals surface area contributed by atoms with Crippen molar-refractivity contribution in [3.05, 3.63) is 39.4 Å². The molecule has 0 unspecified atom stereocenters. The van der Waals surface area contributed by atoms with Gasteiger partial charge in [-0.1, -0.05) is 19.9 Å². The quantitative estimate of drug-likeness (QED) is 0.623. The summed E-state index contributed by atoms with van der Waals surface area (Å²) in [5.41, 5.74) is 5.83. The summed E-state index contributed by atoms with van der Waals surface area (Å²) in [7, 11) is 0. The Balaban J connectivity index is 3.19. The molecule has 1 amide bonds. The minimum atomic E-state index is -0.654. The Bertz CT molecular complexity index is 427. The molecule has 0 atom stereocenters. The van der Waals surface area contributed by atoms with Crippen LogP contribution in [-0.4, -0.2) is 10.8 Å².